The number of hydrogen-bond donors (Lipinski definition) is 11. The van der Waals surface area contributed by atoms with E-state index in [2.05, 4.69) is 21.3 Å². The summed E-state index contributed by atoms with van der Waals surface area (Å²) in [5.74, 6) is -9.90. The van der Waals surface area contributed by atoms with Crippen LogP contribution >= 0.6 is 0 Å². The molecule has 0 aromatic rings. The van der Waals surface area contributed by atoms with E-state index in [9.17, 15) is 53.7 Å². The van der Waals surface area contributed by atoms with E-state index < -0.39 is 128 Å². The van der Waals surface area contributed by atoms with Crippen molar-refractivity contribution < 1.29 is 63.9 Å². The Labute approximate surface area is 271 Å². The maximum atomic E-state index is 13.3. The van der Waals surface area contributed by atoms with Crippen molar-refractivity contribution in [2.45, 2.75) is 109 Å². The first-order valence-electron chi connectivity index (χ1n) is 14.9. The zero-order valence-electron chi connectivity index (χ0n) is 27.0. The van der Waals surface area contributed by atoms with Crippen molar-refractivity contribution in [1.29, 1.82) is 0 Å². The first-order valence-corrected chi connectivity index (χ1v) is 14.9. The van der Waals surface area contributed by atoms with Crippen LogP contribution in [0.4, 0.5) is 0 Å². The molecule has 0 aliphatic heterocycles. The van der Waals surface area contributed by atoms with Crippen LogP contribution in [0.2, 0.25) is 0 Å². The topological polar surface area (TPSA) is 324 Å². The van der Waals surface area contributed by atoms with Gasteiger partial charge in [-0.25, -0.2) is 4.79 Å². The van der Waals surface area contributed by atoms with Crippen LogP contribution in [0.1, 0.15) is 66.7 Å². The van der Waals surface area contributed by atoms with Crippen molar-refractivity contribution in [1.82, 2.24) is 26.6 Å². The van der Waals surface area contributed by atoms with Gasteiger partial charge in [0, 0.05) is 12.8 Å². The number of carbonyl (C=O) groups excluding carboxylic acids is 5. The lowest BCUT2D eigenvalue weighted by molar-refractivity contribution is -0.145. The normalized spacial score (nSPS) is 15.6. The fraction of sp³-hybridized carbons (Fsp3) is 0.714. The van der Waals surface area contributed by atoms with Crippen LogP contribution in [0.3, 0.4) is 0 Å². The minimum Gasteiger partial charge on any atom is -0.481 e. The number of carboxylic acid groups (broad SMARTS) is 3. The lowest BCUT2D eigenvalue weighted by atomic mass is 10.0. The zero-order valence-corrected chi connectivity index (χ0v) is 27.0. The van der Waals surface area contributed by atoms with E-state index in [1.807, 2.05) is 19.2 Å². The van der Waals surface area contributed by atoms with Crippen LogP contribution in [-0.2, 0) is 38.4 Å². The molecule has 0 rings (SSSR count). The average molecular weight is 677 g/mol. The molecule has 0 unspecified atom stereocenters. The Morgan fingerprint density at radius 1 is 0.596 bits per heavy atom. The maximum Gasteiger partial charge on any atom is 0.328 e. The minimum absolute atomic E-state index is 0.0417. The molecule has 0 radical (unpaired) electrons. The van der Waals surface area contributed by atoms with Crippen LogP contribution in [0.15, 0.2) is 0 Å². The molecular weight excluding hydrogens is 628 g/mol. The molecule has 19 nitrogen and oxygen atoms in total. The summed E-state index contributed by atoms with van der Waals surface area (Å²) in [6.45, 7) is 6.81. The van der Waals surface area contributed by atoms with Crippen LogP contribution in [0, 0.1) is 11.8 Å². The van der Waals surface area contributed by atoms with Gasteiger partial charge in [-0.05, 0) is 38.0 Å². The van der Waals surface area contributed by atoms with Crippen molar-refractivity contribution >= 4 is 47.4 Å². The van der Waals surface area contributed by atoms with E-state index in [0.29, 0.717) is 0 Å². The molecule has 7 atom stereocenters. The summed E-state index contributed by atoms with van der Waals surface area (Å²) < 4.78 is 0. The molecule has 0 aromatic heterocycles. The summed E-state index contributed by atoms with van der Waals surface area (Å²) in [7, 11) is 0. The molecule has 0 fully saturated rings. The highest BCUT2D eigenvalue weighted by Gasteiger charge is 2.35. The molecule has 47 heavy (non-hydrogen) atoms. The van der Waals surface area contributed by atoms with Gasteiger partial charge in [-0.3, -0.25) is 33.6 Å². The van der Waals surface area contributed by atoms with Crippen molar-refractivity contribution in [3.05, 3.63) is 0 Å². The Bertz CT molecular complexity index is 1130. The van der Waals surface area contributed by atoms with E-state index in [-0.39, 0.29) is 12.3 Å². The third-order valence-electron chi connectivity index (χ3n) is 6.73. The van der Waals surface area contributed by atoms with Crippen LogP contribution in [0.25, 0.3) is 0 Å². The lowest BCUT2D eigenvalue weighted by Gasteiger charge is -2.28. The van der Waals surface area contributed by atoms with Gasteiger partial charge < -0.3 is 57.9 Å². The maximum absolute atomic E-state index is 13.3. The SMILES string of the molecule is CC(C)C[C@H](N)C(=O)N[C@@H](CO)C(=O)N[C@@H](CCC(=O)O)C(=O)N[C@H](C(=O)N[C@@H](CCC(=O)O)C(=O)N[C@H](C(=O)O)[C@@H](C)O)C(C)C. The smallest absolute Gasteiger partial charge is 0.328 e. The van der Waals surface area contributed by atoms with Gasteiger partial charge >= 0.3 is 17.9 Å². The molecule has 0 saturated carbocycles. The molecule has 0 saturated heterocycles. The Balaban J connectivity index is 6.00. The Morgan fingerprint density at radius 2 is 1.00 bits per heavy atom. The highest BCUT2D eigenvalue weighted by atomic mass is 16.4. The van der Waals surface area contributed by atoms with E-state index in [1.54, 1.807) is 0 Å². The summed E-state index contributed by atoms with van der Waals surface area (Å²) in [5, 5.41) is 58.1. The third kappa shape index (κ3) is 16.2. The first kappa shape index (κ1) is 42.6. The molecular formula is C28H48N6O13. The highest BCUT2D eigenvalue weighted by molar-refractivity contribution is 5.96. The van der Waals surface area contributed by atoms with Gasteiger partial charge in [-0.2, -0.15) is 0 Å². The van der Waals surface area contributed by atoms with E-state index in [4.69, 9.17) is 15.9 Å². The molecule has 19 heteroatoms. The van der Waals surface area contributed by atoms with Gasteiger partial charge in [0.1, 0.15) is 24.2 Å². The fourth-order valence-corrected chi connectivity index (χ4v) is 4.13. The monoisotopic (exact) mass is 676 g/mol. The quantitative estimate of drug-likeness (QED) is 0.0533. The number of aliphatic hydroxyl groups excluding tert-OH is 2. The van der Waals surface area contributed by atoms with Crippen LogP contribution in [-0.4, -0.2) is 122 Å². The molecule has 0 aliphatic rings. The summed E-state index contributed by atoms with van der Waals surface area (Å²) in [6.07, 6.45) is -3.49. The molecule has 0 heterocycles. The number of amides is 5. The van der Waals surface area contributed by atoms with E-state index in [0.717, 1.165) is 6.92 Å². The number of aliphatic carboxylic acids is 3. The molecule has 0 bridgehead atoms. The highest BCUT2D eigenvalue weighted by Crippen LogP contribution is 2.09. The van der Waals surface area contributed by atoms with Gasteiger partial charge in [0.15, 0.2) is 6.04 Å². The molecule has 0 aliphatic carbocycles. The first-order chi connectivity index (χ1) is 21.7. The molecule has 12 N–H and O–H groups in total. The fourth-order valence-electron chi connectivity index (χ4n) is 4.13. The Kier molecular flexibility index (Phi) is 18.8. The number of rotatable bonds is 22. The predicted octanol–water partition coefficient (Wildman–Crippen LogP) is -3.37. The number of aliphatic hydroxyl groups is 2. The number of carbonyl (C=O) groups is 8. The van der Waals surface area contributed by atoms with Gasteiger partial charge in [0.2, 0.25) is 29.5 Å². The zero-order chi connectivity index (χ0) is 36.6. The summed E-state index contributed by atoms with van der Waals surface area (Å²) in [5.41, 5.74) is 5.82. The van der Waals surface area contributed by atoms with Crippen LogP contribution in [0.5, 0.6) is 0 Å². The lowest BCUT2D eigenvalue weighted by Crippen LogP contribution is -2.61. The average Bonchev–Trinajstić information content (AvgIpc) is 2.95. The number of nitrogens with one attached hydrogen (secondary N) is 5. The van der Waals surface area contributed by atoms with Crippen molar-refractivity contribution in [2.75, 3.05) is 6.61 Å². The van der Waals surface area contributed by atoms with Gasteiger partial charge in [0.25, 0.3) is 0 Å². The van der Waals surface area contributed by atoms with E-state index in [1.165, 1.54) is 13.8 Å². The second kappa shape index (κ2) is 20.7. The van der Waals surface area contributed by atoms with E-state index >= 15 is 0 Å². The number of carboxylic acids is 3. The number of nitrogens with two attached hydrogens (primary N) is 1. The molecule has 5 amide bonds. The van der Waals surface area contributed by atoms with Gasteiger partial charge in [0.05, 0.1) is 18.8 Å². The second-order valence-corrected chi connectivity index (χ2v) is 11.8. The Hall–Kier alpha value is -4.36. The standard InChI is InChI=1S/C28H48N6O13/c1-12(2)10-15(29)23(41)32-18(11-35)26(44)30-16(6-8-19(37)38)24(42)33-21(13(3)4)27(45)31-17(7-9-20(39)40)25(43)34-22(14(5)36)28(46)47/h12-18,21-22,35-36H,6-11,29H2,1-5H3,(H,30,44)(H,31,45)(H,32,41)(H,33,42)(H,34,43)(H,37,38)(H,39,40)(H,46,47)/t14-,15+,16+,17+,18+,21+,22+/m1/s1. The third-order valence-corrected chi connectivity index (χ3v) is 6.73. The summed E-state index contributed by atoms with van der Waals surface area (Å²) in [4.78, 5) is 98.5. The number of hydrogen-bond acceptors (Lipinski definition) is 11. The molecule has 0 aromatic carbocycles. The van der Waals surface area contributed by atoms with Gasteiger partial charge in [-0.15, -0.1) is 0 Å². The summed E-state index contributed by atoms with van der Waals surface area (Å²) >= 11 is 0. The predicted molar refractivity (Wildman–Crippen MR) is 162 cm³/mol. The minimum atomic E-state index is -1.79. The molecule has 0 spiro atoms. The van der Waals surface area contributed by atoms with Crippen LogP contribution < -0.4 is 32.3 Å². The Morgan fingerprint density at radius 3 is 1.36 bits per heavy atom. The van der Waals surface area contributed by atoms with Gasteiger partial charge in [-0.1, -0.05) is 27.7 Å². The molecule has 268 valence electrons. The second-order valence-electron chi connectivity index (χ2n) is 11.8. The van der Waals surface area contributed by atoms with Crippen molar-refractivity contribution in [2.24, 2.45) is 17.6 Å². The largest absolute Gasteiger partial charge is 0.481 e. The summed E-state index contributed by atoms with van der Waals surface area (Å²) in [6, 6.07) is -9.00. The van der Waals surface area contributed by atoms with Crippen molar-refractivity contribution in [3.63, 3.8) is 0 Å². The van der Waals surface area contributed by atoms with Crippen molar-refractivity contribution in [3.8, 4) is 0 Å².